The Labute approximate surface area is 102 Å². The molecule has 0 bridgehead atoms. The van der Waals surface area contributed by atoms with Crippen LogP contribution in [0.3, 0.4) is 0 Å². The van der Waals surface area contributed by atoms with Gasteiger partial charge in [-0.3, -0.25) is 0 Å². The van der Waals surface area contributed by atoms with Crippen LogP contribution in [-0.4, -0.2) is 19.6 Å². The van der Waals surface area contributed by atoms with E-state index in [1.54, 1.807) is 0 Å². The van der Waals surface area contributed by atoms with Crippen molar-refractivity contribution in [1.82, 2.24) is 19.6 Å². The zero-order valence-corrected chi connectivity index (χ0v) is 11.0. The SMILES string of the molecule is CC(C)c1ccnn1Cn1nccc1C(C)C. The summed E-state index contributed by atoms with van der Waals surface area (Å²) in [5.41, 5.74) is 2.49. The highest BCUT2D eigenvalue weighted by atomic mass is 15.4. The molecule has 0 saturated heterocycles. The van der Waals surface area contributed by atoms with Gasteiger partial charge in [0, 0.05) is 23.8 Å². The molecular weight excluding hydrogens is 212 g/mol. The molecule has 0 spiro atoms. The molecule has 17 heavy (non-hydrogen) atoms. The molecule has 2 aromatic rings. The standard InChI is InChI=1S/C13H20N4/c1-10(2)12-5-7-14-16(12)9-17-13(11(3)4)6-8-15-17/h5-8,10-11H,9H2,1-4H3. The number of nitrogens with zero attached hydrogens (tertiary/aromatic N) is 4. The van der Waals surface area contributed by atoms with Crippen molar-refractivity contribution in [3.8, 4) is 0 Å². The molecule has 0 radical (unpaired) electrons. The van der Waals surface area contributed by atoms with Crippen molar-refractivity contribution in [2.75, 3.05) is 0 Å². The summed E-state index contributed by atoms with van der Waals surface area (Å²) in [7, 11) is 0. The topological polar surface area (TPSA) is 35.6 Å². The van der Waals surface area contributed by atoms with E-state index in [2.05, 4.69) is 50.0 Å². The molecule has 0 unspecified atom stereocenters. The van der Waals surface area contributed by atoms with E-state index in [0.29, 0.717) is 18.5 Å². The minimum atomic E-state index is 0.482. The van der Waals surface area contributed by atoms with Gasteiger partial charge in [0.15, 0.2) is 0 Å². The van der Waals surface area contributed by atoms with Crippen molar-refractivity contribution in [3.63, 3.8) is 0 Å². The van der Waals surface area contributed by atoms with Crippen LogP contribution in [0.2, 0.25) is 0 Å². The van der Waals surface area contributed by atoms with Crippen LogP contribution in [0.1, 0.15) is 50.9 Å². The highest BCUT2D eigenvalue weighted by Gasteiger charge is 2.10. The first-order valence-electron chi connectivity index (χ1n) is 6.13. The quantitative estimate of drug-likeness (QED) is 0.812. The lowest BCUT2D eigenvalue weighted by Crippen LogP contribution is -2.16. The zero-order chi connectivity index (χ0) is 12.4. The number of rotatable bonds is 4. The van der Waals surface area contributed by atoms with Gasteiger partial charge in [0.05, 0.1) is 0 Å². The van der Waals surface area contributed by atoms with Crippen molar-refractivity contribution in [2.24, 2.45) is 0 Å². The number of aromatic nitrogens is 4. The fourth-order valence-corrected chi connectivity index (χ4v) is 2.03. The Hall–Kier alpha value is -1.58. The van der Waals surface area contributed by atoms with Crippen LogP contribution in [0.4, 0.5) is 0 Å². The van der Waals surface area contributed by atoms with Gasteiger partial charge in [0.2, 0.25) is 0 Å². The number of hydrogen-bond acceptors (Lipinski definition) is 2. The fraction of sp³-hybridized carbons (Fsp3) is 0.538. The second-order valence-electron chi connectivity index (χ2n) is 4.96. The molecule has 0 atom stereocenters. The molecular formula is C13H20N4. The Bertz CT molecular complexity index is 435. The van der Waals surface area contributed by atoms with E-state index in [-0.39, 0.29) is 0 Å². The molecule has 0 N–H and O–H groups in total. The fourth-order valence-electron chi connectivity index (χ4n) is 2.03. The first-order valence-corrected chi connectivity index (χ1v) is 6.13. The van der Waals surface area contributed by atoms with Crippen molar-refractivity contribution in [2.45, 2.75) is 46.2 Å². The summed E-state index contributed by atoms with van der Waals surface area (Å²) in [5, 5.41) is 8.74. The van der Waals surface area contributed by atoms with Crippen molar-refractivity contribution < 1.29 is 0 Å². The van der Waals surface area contributed by atoms with Crippen molar-refractivity contribution >= 4 is 0 Å². The Morgan fingerprint density at radius 2 is 1.29 bits per heavy atom. The van der Waals surface area contributed by atoms with Gasteiger partial charge < -0.3 is 0 Å². The maximum absolute atomic E-state index is 4.37. The Kier molecular flexibility index (Phi) is 3.31. The Morgan fingerprint density at radius 1 is 0.882 bits per heavy atom. The van der Waals surface area contributed by atoms with E-state index in [1.165, 1.54) is 11.4 Å². The molecule has 0 aromatic carbocycles. The molecule has 2 rings (SSSR count). The van der Waals surface area contributed by atoms with Gasteiger partial charge in [-0.25, -0.2) is 9.36 Å². The van der Waals surface area contributed by atoms with Crippen LogP contribution < -0.4 is 0 Å². The summed E-state index contributed by atoms with van der Waals surface area (Å²) < 4.78 is 4.03. The molecule has 0 aliphatic rings. The van der Waals surface area contributed by atoms with E-state index < -0.39 is 0 Å². The van der Waals surface area contributed by atoms with Crippen LogP contribution in [0, 0.1) is 0 Å². The summed E-state index contributed by atoms with van der Waals surface area (Å²) in [5.74, 6) is 0.964. The van der Waals surface area contributed by atoms with Crippen molar-refractivity contribution in [1.29, 1.82) is 0 Å². The van der Waals surface area contributed by atoms with Gasteiger partial charge in [-0.2, -0.15) is 10.2 Å². The molecule has 0 saturated carbocycles. The maximum Gasteiger partial charge on any atom is 0.133 e. The van der Waals surface area contributed by atoms with Gasteiger partial charge in [-0.05, 0) is 24.0 Å². The normalized spacial score (nSPS) is 11.6. The number of hydrogen-bond donors (Lipinski definition) is 0. The maximum atomic E-state index is 4.37. The van der Waals surface area contributed by atoms with Gasteiger partial charge in [0.1, 0.15) is 6.67 Å². The molecule has 2 heterocycles. The zero-order valence-electron chi connectivity index (χ0n) is 11.0. The molecule has 0 fully saturated rings. The molecule has 0 aliphatic heterocycles. The van der Waals surface area contributed by atoms with Gasteiger partial charge in [0.25, 0.3) is 0 Å². The van der Waals surface area contributed by atoms with E-state index in [4.69, 9.17) is 0 Å². The second kappa shape index (κ2) is 4.73. The van der Waals surface area contributed by atoms with Crippen molar-refractivity contribution in [3.05, 3.63) is 35.9 Å². The van der Waals surface area contributed by atoms with E-state index in [1.807, 2.05) is 21.8 Å². The average Bonchev–Trinajstić information content (AvgIpc) is 2.86. The summed E-state index contributed by atoms with van der Waals surface area (Å²) >= 11 is 0. The minimum Gasteiger partial charge on any atom is -0.248 e. The first kappa shape index (κ1) is 11.9. The Morgan fingerprint density at radius 3 is 1.65 bits per heavy atom. The summed E-state index contributed by atoms with van der Waals surface area (Å²) in [6.45, 7) is 9.42. The molecule has 4 nitrogen and oxygen atoms in total. The van der Waals surface area contributed by atoms with E-state index >= 15 is 0 Å². The largest absolute Gasteiger partial charge is 0.248 e. The lowest BCUT2D eigenvalue weighted by atomic mass is 10.1. The molecule has 2 aromatic heterocycles. The average molecular weight is 232 g/mol. The third-order valence-corrected chi connectivity index (χ3v) is 2.95. The summed E-state index contributed by atoms with van der Waals surface area (Å²) in [6.07, 6.45) is 3.71. The van der Waals surface area contributed by atoms with Gasteiger partial charge in [-0.1, -0.05) is 27.7 Å². The molecule has 0 amide bonds. The first-order chi connectivity index (χ1) is 8.09. The van der Waals surface area contributed by atoms with E-state index in [9.17, 15) is 0 Å². The van der Waals surface area contributed by atoms with Gasteiger partial charge in [-0.15, -0.1) is 0 Å². The van der Waals surface area contributed by atoms with Gasteiger partial charge >= 0.3 is 0 Å². The summed E-state index contributed by atoms with van der Waals surface area (Å²) in [6, 6.07) is 4.15. The Balaban J connectivity index is 2.25. The van der Waals surface area contributed by atoms with Crippen LogP contribution in [0.25, 0.3) is 0 Å². The predicted octanol–water partition coefficient (Wildman–Crippen LogP) is 2.83. The third kappa shape index (κ3) is 2.40. The summed E-state index contributed by atoms with van der Waals surface area (Å²) in [4.78, 5) is 0. The monoisotopic (exact) mass is 232 g/mol. The van der Waals surface area contributed by atoms with Crippen LogP contribution in [0.15, 0.2) is 24.5 Å². The lowest BCUT2D eigenvalue weighted by Gasteiger charge is -2.13. The molecule has 0 aliphatic carbocycles. The van der Waals surface area contributed by atoms with E-state index in [0.717, 1.165) is 0 Å². The highest BCUT2D eigenvalue weighted by Crippen LogP contribution is 2.16. The van der Waals surface area contributed by atoms with Crippen LogP contribution in [-0.2, 0) is 6.67 Å². The minimum absolute atomic E-state index is 0.482. The highest BCUT2D eigenvalue weighted by molar-refractivity contribution is 5.08. The molecule has 4 heteroatoms. The smallest absolute Gasteiger partial charge is 0.133 e. The van der Waals surface area contributed by atoms with Crippen LogP contribution >= 0.6 is 0 Å². The third-order valence-electron chi connectivity index (χ3n) is 2.95. The second-order valence-corrected chi connectivity index (χ2v) is 4.96. The predicted molar refractivity (Wildman–Crippen MR) is 68.0 cm³/mol. The lowest BCUT2D eigenvalue weighted by molar-refractivity contribution is 0.458. The molecule has 92 valence electrons. The van der Waals surface area contributed by atoms with Crippen LogP contribution in [0.5, 0.6) is 0 Å².